The average molecular weight is 249 g/mol. The van der Waals surface area contributed by atoms with Crippen molar-refractivity contribution in [3.8, 4) is 0 Å². The maximum atomic E-state index is 10.7. The summed E-state index contributed by atoms with van der Waals surface area (Å²) in [6.07, 6.45) is 1.21. The summed E-state index contributed by atoms with van der Waals surface area (Å²) < 4.78 is 5.57. The van der Waals surface area contributed by atoms with Gasteiger partial charge in [0.05, 0.1) is 11.7 Å². The largest absolute Gasteiger partial charge is 0.478 e. The van der Waals surface area contributed by atoms with Crippen LogP contribution in [0.3, 0.4) is 0 Å². The predicted molar refractivity (Wildman–Crippen MR) is 68.7 cm³/mol. The van der Waals surface area contributed by atoms with Gasteiger partial charge in [0, 0.05) is 18.7 Å². The van der Waals surface area contributed by atoms with Gasteiger partial charge in [-0.15, -0.1) is 0 Å². The van der Waals surface area contributed by atoms with Crippen LogP contribution in [0.25, 0.3) is 0 Å². The SMILES string of the molecule is CC1OCCC1(C)NCc1ccc(C(=O)O)cc1. The number of rotatable bonds is 4. The van der Waals surface area contributed by atoms with Gasteiger partial charge in [-0.25, -0.2) is 4.79 Å². The first-order valence-electron chi connectivity index (χ1n) is 6.20. The number of aromatic carboxylic acids is 1. The highest BCUT2D eigenvalue weighted by atomic mass is 16.5. The van der Waals surface area contributed by atoms with E-state index in [2.05, 4.69) is 19.2 Å². The summed E-state index contributed by atoms with van der Waals surface area (Å²) in [7, 11) is 0. The zero-order valence-electron chi connectivity index (χ0n) is 10.8. The number of benzene rings is 1. The van der Waals surface area contributed by atoms with Crippen molar-refractivity contribution < 1.29 is 14.6 Å². The second-order valence-corrected chi connectivity index (χ2v) is 5.04. The Hall–Kier alpha value is -1.39. The topological polar surface area (TPSA) is 58.6 Å². The van der Waals surface area contributed by atoms with Gasteiger partial charge in [0.1, 0.15) is 0 Å². The van der Waals surface area contributed by atoms with Crippen molar-refractivity contribution in [1.82, 2.24) is 5.32 Å². The minimum absolute atomic E-state index is 0.00543. The highest BCUT2D eigenvalue weighted by Crippen LogP contribution is 2.25. The molecule has 1 aromatic carbocycles. The van der Waals surface area contributed by atoms with Gasteiger partial charge in [-0.3, -0.25) is 0 Å². The Morgan fingerprint density at radius 1 is 1.50 bits per heavy atom. The van der Waals surface area contributed by atoms with Gasteiger partial charge < -0.3 is 15.2 Å². The van der Waals surface area contributed by atoms with Crippen LogP contribution >= 0.6 is 0 Å². The molecule has 1 aliphatic rings. The molecule has 98 valence electrons. The first-order valence-corrected chi connectivity index (χ1v) is 6.20. The van der Waals surface area contributed by atoms with E-state index < -0.39 is 5.97 Å². The number of carboxylic acid groups (broad SMARTS) is 1. The zero-order chi connectivity index (χ0) is 13.2. The Balaban J connectivity index is 1.96. The zero-order valence-corrected chi connectivity index (χ0v) is 10.8. The van der Waals surface area contributed by atoms with Gasteiger partial charge in [-0.2, -0.15) is 0 Å². The first kappa shape index (κ1) is 13.1. The van der Waals surface area contributed by atoms with Crippen LogP contribution < -0.4 is 5.32 Å². The van der Waals surface area contributed by atoms with Gasteiger partial charge in [0.25, 0.3) is 0 Å². The van der Waals surface area contributed by atoms with Crippen LogP contribution in [-0.4, -0.2) is 29.3 Å². The first-order chi connectivity index (χ1) is 8.51. The lowest BCUT2D eigenvalue weighted by Gasteiger charge is -2.29. The maximum Gasteiger partial charge on any atom is 0.335 e. The fourth-order valence-corrected chi connectivity index (χ4v) is 2.14. The van der Waals surface area contributed by atoms with E-state index in [0.29, 0.717) is 5.56 Å². The predicted octanol–water partition coefficient (Wildman–Crippen LogP) is 2.04. The van der Waals surface area contributed by atoms with Crippen molar-refractivity contribution in [2.75, 3.05) is 6.61 Å². The molecule has 4 heteroatoms. The summed E-state index contributed by atoms with van der Waals surface area (Å²) in [6.45, 7) is 5.76. The van der Waals surface area contributed by atoms with E-state index in [1.165, 1.54) is 0 Å². The van der Waals surface area contributed by atoms with Crippen LogP contribution in [0.15, 0.2) is 24.3 Å². The molecule has 1 saturated heterocycles. The molecule has 0 bridgehead atoms. The van der Waals surface area contributed by atoms with Crippen LogP contribution in [0.4, 0.5) is 0 Å². The summed E-state index contributed by atoms with van der Waals surface area (Å²) in [5.74, 6) is -0.890. The number of carboxylic acids is 1. The van der Waals surface area contributed by atoms with Crippen LogP contribution in [0.5, 0.6) is 0 Å². The Bertz CT molecular complexity index is 429. The lowest BCUT2D eigenvalue weighted by molar-refractivity contribution is 0.0697. The van der Waals surface area contributed by atoms with Crippen molar-refractivity contribution in [3.63, 3.8) is 0 Å². The van der Waals surface area contributed by atoms with Crippen LogP contribution in [0, 0.1) is 0 Å². The highest BCUT2D eigenvalue weighted by molar-refractivity contribution is 5.87. The van der Waals surface area contributed by atoms with Crippen molar-refractivity contribution in [1.29, 1.82) is 0 Å². The molecule has 0 aliphatic carbocycles. The number of hydrogen-bond donors (Lipinski definition) is 2. The number of carbonyl (C=O) groups is 1. The van der Waals surface area contributed by atoms with E-state index in [1.54, 1.807) is 12.1 Å². The van der Waals surface area contributed by atoms with E-state index in [9.17, 15) is 4.79 Å². The Morgan fingerprint density at radius 3 is 2.67 bits per heavy atom. The molecule has 18 heavy (non-hydrogen) atoms. The van der Waals surface area contributed by atoms with Gasteiger partial charge in [-0.05, 0) is 38.0 Å². The maximum absolute atomic E-state index is 10.7. The second-order valence-electron chi connectivity index (χ2n) is 5.04. The monoisotopic (exact) mass is 249 g/mol. The Kier molecular flexibility index (Phi) is 3.68. The van der Waals surface area contributed by atoms with Gasteiger partial charge in [0.15, 0.2) is 0 Å². The van der Waals surface area contributed by atoms with Crippen LogP contribution in [0.1, 0.15) is 36.2 Å². The summed E-state index contributed by atoms with van der Waals surface area (Å²) >= 11 is 0. The summed E-state index contributed by atoms with van der Waals surface area (Å²) in [4.78, 5) is 10.7. The third kappa shape index (κ3) is 2.71. The van der Waals surface area contributed by atoms with E-state index in [-0.39, 0.29) is 11.6 Å². The molecular weight excluding hydrogens is 230 g/mol. The summed E-state index contributed by atoms with van der Waals surface area (Å²) in [5, 5.41) is 12.3. The van der Waals surface area contributed by atoms with E-state index in [1.807, 2.05) is 12.1 Å². The molecule has 0 spiro atoms. The minimum Gasteiger partial charge on any atom is -0.478 e. The quantitative estimate of drug-likeness (QED) is 0.857. The summed E-state index contributed by atoms with van der Waals surface area (Å²) in [5.41, 5.74) is 1.41. The van der Waals surface area contributed by atoms with E-state index in [0.717, 1.165) is 25.1 Å². The molecule has 0 aromatic heterocycles. The van der Waals surface area contributed by atoms with Gasteiger partial charge >= 0.3 is 5.97 Å². The second kappa shape index (κ2) is 5.08. The molecule has 0 radical (unpaired) electrons. The van der Waals surface area contributed by atoms with Crippen molar-refractivity contribution in [2.24, 2.45) is 0 Å². The van der Waals surface area contributed by atoms with E-state index in [4.69, 9.17) is 9.84 Å². The third-order valence-electron chi connectivity index (χ3n) is 3.78. The molecule has 2 N–H and O–H groups in total. The normalized spacial score (nSPS) is 27.3. The lowest BCUT2D eigenvalue weighted by atomic mass is 9.94. The molecule has 1 heterocycles. The van der Waals surface area contributed by atoms with Crippen LogP contribution in [-0.2, 0) is 11.3 Å². The molecule has 2 unspecified atom stereocenters. The molecule has 2 rings (SSSR count). The molecule has 0 amide bonds. The lowest BCUT2D eigenvalue weighted by Crippen LogP contribution is -2.47. The molecule has 2 atom stereocenters. The molecule has 4 nitrogen and oxygen atoms in total. The Labute approximate surface area is 107 Å². The minimum atomic E-state index is -0.890. The van der Waals surface area contributed by atoms with Gasteiger partial charge in [-0.1, -0.05) is 12.1 Å². The van der Waals surface area contributed by atoms with Gasteiger partial charge in [0.2, 0.25) is 0 Å². The fraction of sp³-hybridized carbons (Fsp3) is 0.500. The third-order valence-corrected chi connectivity index (χ3v) is 3.78. The average Bonchev–Trinajstić information content (AvgIpc) is 2.68. The molecule has 1 fully saturated rings. The smallest absolute Gasteiger partial charge is 0.335 e. The summed E-state index contributed by atoms with van der Waals surface area (Å²) in [6, 6.07) is 6.97. The number of hydrogen-bond acceptors (Lipinski definition) is 3. The van der Waals surface area contributed by atoms with Crippen molar-refractivity contribution >= 4 is 5.97 Å². The van der Waals surface area contributed by atoms with Crippen molar-refractivity contribution in [3.05, 3.63) is 35.4 Å². The van der Waals surface area contributed by atoms with Crippen molar-refractivity contribution in [2.45, 2.75) is 38.5 Å². The Morgan fingerprint density at radius 2 is 2.17 bits per heavy atom. The van der Waals surface area contributed by atoms with E-state index >= 15 is 0 Å². The fourth-order valence-electron chi connectivity index (χ4n) is 2.14. The number of nitrogens with one attached hydrogen (secondary N) is 1. The molecular formula is C14H19NO3. The number of ether oxygens (including phenoxy) is 1. The highest BCUT2D eigenvalue weighted by Gasteiger charge is 2.36. The molecule has 0 saturated carbocycles. The van der Waals surface area contributed by atoms with Crippen LogP contribution in [0.2, 0.25) is 0 Å². The molecule has 1 aliphatic heterocycles. The molecule has 1 aromatic rings. The standard InChI is InChI=1S/C14H19NO3/c1-10-14(2,7-8-18-10)15-9-11-3-5-12(6-4-11)13(16)17/h3-6,10,15H,7-9H2,1-2H3,(H,16,17).